The molecule has 2 bridgehead atoms. The average Bonchev–Trinajstić information content (AvgIpc) is 3.65. The zero-order valence-corrected chi connectivity index (χ0v) is 38.9. The van der Waals surface area contributed by atoms with Crippen molar-refractivity contribution in [3.05, 3.63) is 54.6 Å². The summed E-state index contributed by atoms with van der Waals surface area (Å²) < 4.78 is 130. The number of halogens is 1. The molecule has 16 nitrogen and oxygen atoms in total. The van der Waals surface area contributed by atoms with Crippen molar-refractivity contribution in [3.63, 3.8) is 0 Å². The summed E-state index contributed by atoms with van der Waals surface area (Å²) in [5, 5.41) is 20.2. The Labute approximate surface area is 381 Å². The summed E-state index contributed by atoms with van der Waals surface area (Å²) in [5.41, 5.74) is -1.93. The molecule has 24 heteroatoms. The molecule has 3 radical (unpaired) electrons. The molecule has 2 fully saturated rings. The maximum absolute atomic E-state index is 13.7. The van der Waals surface area contributed by atoms with E-state index in [1.54, 1.807) is 12.1 Å². The third-order valence-corrected chi connectivity index (χ3v) is 14.5. The first-order chi connectivity index (χ1) is 23.7. The van der Waals surface area contributed by atoms with Gasteiger partial charge in [0.2, 0.25) is 5.91 Å². The predicted octanol–water partition coefficient (Wildman–Crippen LogP) is 3.72. The number of phenolic OH excluding ortho intramolecular Hbond substituents is 1. The summed E-state index contributed by atoms with van der Waals surface area (Å²) >= 11 is 5.70. The second kappa shape index (κ2) is 17.6. The number of fused-ring (bicyclic) bond motifs is 4. The molecule has 4 aromatic carbocycles. The van der Waals surface area contributed by atoms with Crippen LogP contribution in [0.4, 0.5) is 17.1 Å². The Balaban J connectivity index is 0.00000261. The first-order valence-corrected chi connectivity index (χ1v) is 21.6. The van der Waals surface area contributed by atoms with Crippen LogP contribution in [-0.4, -0.2) is 164 Å². The summed E-state index contributed by atoms with van der Waals surface area (Å²) in [6, 6.07) is 10.8. The molecule has 0 aliphatic heterocycles. The van der Waals surface area contributed by atoms with Crippen LogP contribution >= 0.6 is 11.6 Å². The normalized spacial score (nSPS) is 20.0. The van der Waals surface area contributed by atoms with Crippen molar-refractivity contribution in [1.29, 1.82) is 0 Å². The molecule has 2 aliphatic rings. The zero-order valence-electron chi connectivity index (χ0n) is 28.9. The average molecular weight is 871 g/mol. The van der Waals surface area contributed by atoms with Gasteiger partial charge in [-0.1, -0.05) is 30.3 Å². The van der Waals surface area contributed by atoms with Gasteiger partial charge in [-0.25, -0.2) is 8.42 Å². The Morgan fingerprint density at radius 3 is 2.06 bits per heavy atom. The van der Waals surface area contributed by atoms with Crippen molar-refractivity contribution < 1.29 is 57.2 Å². The molecule has 54 heavy (non-hydrogen) atoms. The number of hydrogen-bond acceptors (Lipinski definition) is 12. The molecular weight excluding hydrogens is 843 g/mol. The summed E-state index contributed by atoms with van der Waals surface area (Å²) in [6.07, 6.45) is 1.09. The fraction of sp³-hybridized carbons (Fsp3) is 0.300. The van der Waals surface area contributed by atoms with E-state index in [0.717, 1.165) is 18.2 Å². The smallest absolute Gasteiger partial charge is 0.297 e. The fourth-order valence-corrected chi connectivity index (χ4v) is 11.8. The summed E-state index contributed by atoms with van der Waals surface area (Å²) in [6.45, 7) is 0. The Bertz CT molecular complexity index is 2630. The topological polar surface area (TPSA) is 271 Å². The number of hydrogen-bond donors (Lipinski definition) is 5. The third kappa shape index (κ3) is 9.57. The number of phenols is 1. The number of alkyl halides is 1. The molecule has 0 spiro atoms. The van der Waals surface area contributed by atoms with Crippen LogP contribution < -0.4 is 5.32 Å². The Morgan fingerprint density at radius 2 is 1.46 bits per heavy atom. The molecule has 0 saturated heterocycles. The number of benzene rings is 4. The molecule has 0 heterocycles. The molecule has 275 valence electrons. The second-order valence-electron chi connectivity index (χ2n) is 12.3. The number of anilines is 1. The van der Waals surface area contributed by atoms with Crippen molar-refractivity contribution in [2.75, 3.05) is 16.9 Å². The number of sulfone groups is 1. The molecule has 0 aromatic heterocycles. The van der Waals surface area contributed by atoms with E-state index in [1.807, 2.05) is 0 Å². The van der Waals surface area contributed by atoms with Crippen LogP contribution in [0.5, 0.6) is 5.75 Å². The minimum Gasteiger partial charge on any atom is -0.505 e. The van der Waals surface area contributed by atoms with Crippen molar-refractivity contribution >= 4 is 185 Å². The molecule has 6 rings (SSSR count). The fourth-order valence-electron chi connectivity index (χ4n) is 7.17. The first kappa shape index (κ1) is 47.6. The van der Waals surface area contributed by atoms with Crippen LogP contribution in [0.1, 0.15) is 19.3 Å². The molecule has 2 saturated carbocycles. The molecule has 4 unspecified atom stereocenters. The van der Waals surface area contributed by atoms with E-state index < -0.39 is 111 Å². The van der Waals surface area contributed by atoms with Gasteiger partial charge < -0.3 is 10.4 Å². The minimum atomic E-state index is -5.30. The summed E-state index contributed by atoms with van der Waals surface area (Å²) in [7, 11) is -18.9. The van der Waals surface area contributed by atoms with Crippen LogP contribution in [0, 0.1) is 17.8 Å². The molecule has 4 aromatic rings. The van der Waals surface area contributed by atoms with Gasteiger partial charge in [-0.3, -0.25) is 18.5 Å². The van der Waals surface area contributed by atoms with Gasteiger partial charge >= 0.3 is 0 Å². The predicted molar refractivity (Wildman–Crippen MR) is 202 cm³/mol. The van der Waals surface area contributed by atoms with Gasteiger partial charge in [0, 0.05) is 111 Å². The zero-order chi connectivity index (χ0) is 37.3. The van der Waals surface area contributed by atoms with Crippen LogP contribution in [0.15, 0.2) is 79.5 Å². The molecule has 1 amide bonds. The number of carbonyl (C=O) groups is 1. The van der Waals surface area contributed by atoms with Gasteiger partial charge in [-0.15, -0.1) is 21.8 Å². The van der Waals surface area contributed by atoms with Gasteiger partial charge in [0.15, 0.2) is 15.6 Å². The molecule has 4 atom stereocenters. The maximum atomic E-state index is 13.7. The Kier molecular flexibility index (Phi) is 15.5. The summed E-state index contributed by atoms with van der Waals surface area (Å²) in [5.74, 6) is -3.81. The van der Waals surface area contributed by atoms with E-state index in [9.17, 15) is 57.2 Å². The van der Waals surface area contributed by atoms with Gasteiger partial charge in [0.25, 0.3) is 30.4 Å². The van der Waals surface area contributed by atoms with E-state index in [-0.39, 0.29) is 112 Å². The van der Waals surface area contributed by atoms with Gasteiger partial charge in [-0.05, 0) is 66.1 Å². The van der Waals surface area contributed by atoms with Gasteiger partial charge in [-0.2, -0.15) is 25.3 Å². The standard InChI is InChI=1S/C30H28ClN3O13S4.3Na/c31-7-8-48(37,38)24-11-15-9-20(24)21(10-15)30(36)32-23-14-18(49(39,40)41)12-17-13-25(50(42,43)44)27(28(35)26(17)23)34-33-22-6-5-16-3-1-2-4-19(16)29(22)51(45,46)47;;;/h1-6,12-15,20-21,24,35H,7-11H2,(H,32,36)(H,39,40,41)(H,42,43,44)(H,45,46,47);;;. The maximum Gasteiger partial charge on any atom is 0.297 e. The number of nitrogens with one attached hydrogen (secondary N) is 1. The number of nitrogens with zero attached hydrogens (tertiary/aromatic N) is 2. The van der Waals surface area contributed by atoms with Gasteiger partial charge in [0.1, 0.15) is 21.2 Å². The molecule has 5 N–H and O–H groups in total. The quantitative estimate of drug-likeness (QED) is 0.0659. The van der Waals surface area contributed by atoms with Crippen molar-refractivity contribution in [1.82, 2.24) is 0 Å². The Hall–Kier alpha value is -0.760. The molecular formula is C30H28ClN3Na3O13S4. The van der Waals surface area contributed by atoms with E-state index in [4.69, 9.17) is 11.6 Å². The molecule has 2 aliphatic carbocycles. The third-order valence-electron chi connectivity index (χ3n) is 9.24. The second-order valence-corrected chi connectivity index (χ2v) is 19.2. The van der Waals surface area contributed by atoms with E-state index in [0.29, 0.717) is 30.7 Å². The summed E-state index contributed by atoms with van der Waals surface area (Å²) in [4.78, 5) is 11.0. The largest absolute Gasteiger partial charge is 0.505 e. The number of amides is 1. The van der Waals surface area contributed by atoms with Crippen molar-refractivity contribution in [3.8, 4) is 5.75 Å². The van der Waals surface area contributed by atoms with E-state index >= 15 is 0 Å². The number of rotatable bonds is 10. The van der Waals surface area contributed by atoms with Crippen LogP contribution in [-0.2, 0) is 45.0 Å². The van der Waals surface area contributed by atoms with Crippen molar-refractivity contribution in [2.45, 2.75) is 39.2 Å². The van der Waals surface area contributed by atoms with Crippen LogP contribution in [0.25, 0.3) is 21.5 Å². The SMILES string of the molecule is O=C(Nc1cc(S(=O)(=O)O)cc2cc(S(=O)(=O)O)c(N=Nc3ccc4ccccc4c3S(=O)(=O)O)c(O)c12)C1CC2CC1C(S(=O)(=O)CCCl)C2.[Na].[Na].[Na]. The van der Waals surface area contributed by atoms with Crippen molar-refractivity contribution in [2.24, 2.45) is 28.0 Å². The number of azo groups is 1. The number of aromatic hydroxyl groups is 1. The van der Waals surface area contributed by atoms with E-state index in [2.05, 4.69) is 15.5 Å². The van der Waals surface area contributed by atoms with E-state index in [1.165, 1.54) is 18.2 Å². The van der Waals surface area contributed by atoms with Crippen LogP contribution in [0.2, 0.25) is 0 Å². The first-order valence-electron chi connectivity index (χ1n) is 15.0. The monoisotopic (exact) mass is 870 g/mol. The van der Waals surface area contributed by atoms with Crippen LogP contribution in [0.3, 0.4) is 0 Å². The minimum absolute atomic E-state index is 0. The Morgan fingerprint density at radius 1 is 0.796 bits per heavy atom. The number of carbonyl (C=O) groups excluding carboxylic acids is 1. The van der Waals surface area contributed by atoms with Gasteiger partial charge in [0.05, 0.1) is 21.6 Å².